The molecule has 0 N–H and O–H groups in total. The summed E-state index contributed by atoms with van der Waals surface area (Å²) in [5.41, 5.74) is 0.778. The maximum absolute atomic E-state index is 11.7. The van der Waals surface area contributed by atoms with Crippen LogP contribution >= 0.6 is 0 Å². The van der Waals surface area contributed by atoms with Gasteiger partial charge in [-0.3, -0.25) is 14.7 Å². The summed E-state index contributed by atoms with van der Waals surface area (Å²) in [5, 5.41) is 0. The minimum absolute atomic E-state index is 0.0813. The Bertz CT molecular complexity index is 511. The fraction of sp³-hybridized carbons (Fsp3) is 0.625. The van der Waals surface area contributed by atoms with Gasteiger partial charge in [-0.05, 0) is 11.6 Å². The van der Waals surface area contributed by atoms with Gasteiger partial charge in [0.2, 0.25) is 5.91 Å². The topological polar surface area (TPSA) is 54.9 Å². The monoisotopic (exact) mass is 305 g/mol. The molecule has 1 spiro atoms. The normalized spacial score (nSPS) is 26.9. The van der Waals surface area contributed by atoms with Gasteiger partial charge in [0.15, 0.2) is 0 Å². The van der Waals surface area contributed by atoms with Gasteiger partial charge in [-0.25, -0.2) is 0 Å². The molecule has 0 bridgehead atoms. The number of nitrogens with zero attached hydrogens (tertiary/aromatic N) is 3. The molecule has 6 heteroatoms. The van der Waals surface area contributed by atoms with Gasteiger partial charge >= 0.3 is 0 Å². The Kier molecular flexibility index (Phi) is 4.71. The Morgan fingerprint density at radius 2 is 2.27 bits per heavy atom. The van der Waals surface area contributed by atoms with Crippen LogP contribution in [0.5, 0.6) is 0 Å². The van der Waals surface area contributed by atoms with Crippen molar-refractivity contribution in [3.8, 4) is 0 Å². The number of hydrogen-bond donors (Lipinski definition) is 0. The lowest BCUT2D eigenvalue weighted by Gasteiger charge is -2.43. The predicted molar refractivity (Wildman–Crippen MR) is 81.3 cm³/mol. The second kappa shape index (κ2) is 6.73. The van der Waals surface area contributed by atoms with Crippen molar-refractivity contribution < 1.29 is 14.3 Å². The molecule has 1 amide bonds. The van der Waals surface area contributed by atoms with E-state index in [0.29, 0.717) is 32.9 Å². The highest BCUT2D eigenvalue weighted by Gasteiger charge is 2.40. The highest BCUT2D eigenvalue weighted by Crippen LogP contribution is 2.23. The maximum Gasteiger partial charge on any atom is 0.219 e. The van der Waals surface area contributed by atoms with E-state index in [2.05, 4.69) is 16.0 Å². The molecule has 0 unspecified atom stereocenters. The summed E-state index contributed by atoms with van der Waals surface area (Å²) in [4.78, 5) is 20.1. The first-order valence-corrected chi connectivity index (χ1v) is 7.75. The molecule has 2 aliphatic rings. The van der Waals surface area contributed by atoms with Crippen molar-refractivity contribution in [2.45, 2.75) is 19.1 Å². The van der Waals surface area contributed by atoms with Crippen molar-refractivity contribution in [2.75, 3.05) is 46.0 Å². The molecule has 0 radical (unpaired) electrons. The number of carbonyl (C=O) groups is 1. The van der Waals surface area contributed by atoms with Gasteiger partial charge < -0.3 is 14.4 Å². The lowest BCUT2D eigenvalue weighted by molar-refractivity contribution is -0.151. The van der Waals surface area contributed by atoms with Crippen LogP contribution in [-0.4, -0.2) is 72.3 Å². The number of aromatic nitrogens is 1. The molecular weight excluding hydrogens is 282 g/mol. The van der Waals surface area contributed by atoms with E-state index < -0.39 is 5.60 Å². The third kappa shape index (κ3) is 3.63. The van der Waals surface area contributed by atoms with Crippen molar-refractivity contribution in [3.05, 3.63) is 30.1 Å². The molecule has 2 fully saturated rings. The van der Waals surface area contributed by atoms with Crippen molar-refractivity contribution in [3.63, 3.8) is 0 Å². The SMILES string of the molecule is CC(=O)N1CCOC[C@@]2(CN(Cc3cccnc3)CCO2)C1. The standard InChI is InChI=1S/C16H23N3O3/c1-14(20)19-6-7-21-13-16(12-19)11-18(5-8-22-16)10-15-3-2-4-17-9-15/h2-4,9H,5-8,10-13H2,1H3/t16-/m1/s1. The van der Waals surface area contributed by atoms with E-state index >= 15 is 0 Å². The number of hydrogen-bond acceptors (Lipinski definition) is 5. The quantitative estimate of drug-likeness (QED) is 0.798. The number of carbonyl (C=O) groups excluding carboxylic acids is 1. The summed E-state index contributed by atoms with van der Waals surface area (Å²) < 4.78 is 11.8. The van der Waals surface area contributed by atoms with Crippen LogP contribution in [-0.2, 0) is 20.8 Å². The highest BCUT2D eigenvalue weighted by molar-refractivity contribution is 5.73. The Morgan fingerprint density at radius 3 is 3.05 bits per heavy atom. The highest BCUT2D eigenvalue weighted by atomic mass is 16.5. The summed E-state index contributed by atoms with van der Waals surface area (Å²) in [6.07, 6.45) is 3.68. The number of pyridine rings is 1. The van der Waals surface area contributed by atoms with Gasteiger partial charge in [0.25, 0.3) is 0 Å². The molecule has 6 nitrogen and oxygen atoms in total. The van der Waals surface area contributed by atoms with Crippen LogP contribution in [0.1, 0.15) is 12.5 Å². The fourth-order valence-electron chi connectivity index (χ4n) is 3.17. The molecule has 2 aliphatic heterocycles. The van der Waals surface area contributed by atoms with Crippen LogP contribution in [0.2, 0.25) is 0 Å². The first kappa shape index (κ1) is 15.4. The lowest BCUT2D eigenvalue weighted by Crippen LogP contribution is -2.58. The van der Waals surface area contributed by atoms with Crippen molar-refractivity contribution >= 4 is 5.91 Å². The zero-order valence-electron chi connectivity index (χ0n) is 13.0. The minimum atomic E-state index is -0.414. The Labute approximate surface area is 131 Å². The van der Waals surface area contributed by atoms with E-state index in [9.17, 15) is 4.79 Å². The molecule has 0 aliphatic carbocycles. The summed E-state index contributed by atoms with van der Waals surface area (Å²) >= 11 is 0. The van der Waals surface area contributed by atoms with Crippen LogP contribution in [0, 0.1) is 0 Å². The molecule has 22 heavy (non-hydrogen) atoms. The zero-order valence-corrected chi connectivity index (χ0v) is 13.0. The number of ether oxygens (including phenoxy) is 2. The Hall–Kier alpha value is -1.50. The van der Waals surface area contributed by atoms with Crippen LogP contribution in [0.4, 0.5) is 0 Å². The molecule has 1 atom stereocenters. The van der Waals surface area contributed by atoms with Crippen molar-refractivity contribution in [1.82, 2.24) is 14.8 Å². The van der Waals surface area contributed by atoms with Crippen LogP contribution < -0.4 is 0 Å². The number of rotatable bonds is 2. The molecule has 2 saturated heterocycles. The molecule has 1 aromatic rings. The van der Waals surface area contributed by atoms with Gasteiger partial charge in [0.1, 0.15) is 5.60 Å². The summed E-state index contributed by atoms with van der Waals surface area (Å²) in [6, 6.07) is 4.04. The van der Waals surface area contributed by atoms with Gasteiger partial charge in [-0.2, -0.15) is 0 Å². The first-order valence-electron chi connectivity index (χ1n) is 7.75. The van der Waals surface area contributed by atoms with Crippen LogP contribution in [0.15, 0.2) is 24.5 Å². The largest absolute Gasteiger partial charge is 0.376 e. The number of morpholine rings is 1. The summed E-state index contributed by atoms with van der Waals surface area (Å²) in [5.74, 6) is 0.0813. The van der Waals surface area contributed by atoms with Crippen LogP contribution in [0.3, 0.4) is 0 Å². The van der Waals surface area contributed by atoms with E-state index in [1.54, 1.807) is 13.1 Å². The molecule has 1 aromatic heterocycles. The number of amides is 1. The summed E-state index contributed by atoms with van der Waals surface area (Å²) in [7, 11) is 0. The molecule has 3 rings (SSSR count). The molecular formula is C16H23N3O3. The Balaban J connectivity index is 1.69. The van der Waals surface area contributed by atoms with Crippen LogP contribution in [0.25, 0.3) is 0 Å². The summed E-state index contributed by atoms with van der Waals surface area (Å²) in [6.45, 7) is 7.13. The fourth-order valence-corrected chi connectivity index (χ4v) is 3.17. The second-order valence-electron chi connectivity index (χ2n) is 6.10. The van der Waals surface area contributed by atoms with E-state index in [1.165, 1.54) is 5.56 Å². The van der Waals surface area contributed by atoms with Gasteiger partial charge in [0.05, 0.1) is 26.4 Å². The Morgan fingerprint density at radius 1 is 1.36 bits per heavy atom. The van der Waals surface area contributed by atoms with Gasteiger partial charge in [-0.1, -0.05) is 6.07 Å². The van der Waals surface area contributed by atoms with E-state index in [1.807, 2.05) is 17.2 Å². The second-order valence-corrected chi connectivity index (χ2v) is 6.10. The van der Waals surface area contributed by atoms with Crippen molar-refractivity contribution in [1.29, 1.82) is 0 Å². The predicted octanol–water partition coefficient (Wildman–Crippen LogP) is 0.531. The molecule has 0 saturated carbocycles. The first-order chi connectivity index (χ1) is 10.7. The average Bonchev–Trinajstić information content (AvgIpc) is 2.71. The molecule has 120 valence electrons. The maximum atomic E-state index is 11.7. The third-order valence-electron chi connectivity index (χ3n) is 4.25. The molecule has 0 aromatic carbocycles. The van der Waals surface area contributed by atoms with Crippen molar-refractivity contribution in [2.24, 2.45) is 0 Å². The zero-order chi connectivity index (χ0) is 15.4. The minimum Gasteiger partial charge on any atom is -0.376 e. The average molecular weight is 305 g/mol. The van der Waals surface area contributed by atoms with E-state index in [-0.39, 0.29) is 5.91 Å². The van der Waals surface area contributed by atoms with E-state index in [4.69, 9.17) is 9.47 Å². The van der Waals surface area contributed by atoms with E-state index in [0.717, 1.165) is 19.6 Å². The molecule has 3 heterocycles. The van der Waals surface area contributed by atoms with Gasteiger partial charge in [0, 0.05) is 45.5 Å². The lowest BCUT2D eigenvalue weighted by atomic mass is 10.0. The van der Waals surface area contributed by atoms with Gasteiger partial charge in [-0.15, -0.1) is 0 Å². The third-order valence-corrected chi connectivity index (χ3v) is 4.25. The smallest absolute Gasteiger partial charge is 0.219 e.